The summed E-state index contributed by atoms with van der Waals surface area (Å²) in [4.78, 5) is 10.5. The average molecular weight is 237 g/mol. The number of hydrogen-bond donors (Lipinski definition) is 1. The van der Waals surface area contributed by atoms with Gasteiger partial charge in [-0.25, -0.2) is 0 Å². The van der Waals surface area contributed by atoms with Gasteiger partial charge in [-0.2, -0.15) is 0 Å². The number of halogens is 1. The molecule has 4 nitrogen and oxygen atoms in total. The average Bonchev–Trinajstić information content (AvgIpc) is 2.26. The van der Waals surface area contributed by atoms with E-state index in [2.05, 4.69) is 0 Å². The number of ether oxygens (including phenoxy) is 2. The summed E-state index contributed by atoms with van der Waals surface area (Å²) >= 11 is 5.55. The number of carbonyl (C=O) groups is 1. The minimum Gasteiger partial charge on any atom is -0.480 e. The Labute approximate surface area is 94.5 Å². The van der Waals surface area contributed by atoms with E-state index in [1.165, 1.54) is 0 Å². The Balaban J connectivity index is 2.23. The first kappa shape index (κ1) is 12.7. The van der Waals surface area contributed by atoms with Crippen molar-refractivity contribution < 1.29 is 19.4 Å². The van der Waals surface area contributed by atoms with Gasteiger partial charge in [0, 0.05) is 7.11 Å². The Morgan fingerprint density at radius 2 is 2.20 bits per heavy atom. The van der Waals surface area contributed by atoms with E-state index in [9.17, 15) is 4.79 Å². The maximum absolute atomic E-state index is 10.5. The highest BCUT2D eigenvalue weighted by atomic mass is 35.5. The lowest BCUT2D eigenvalue weighted by atomic mass is 9.95. The first-order valence-corrected chi connectivity index (χ1v) is 5.58. The van der Waals surface area contributed by atoms with Crippen LogP contribution in [0.25, 0.3) is 0 Å². The van der Waals surface area contributed by atoms with Gasteiger partial charge in [0.05, 0.1) is 18.8 Å². The van der Waals surface area contributed by atoms with Gasteiger partial charge in [0.15, 0.2) is 5.38 Å². The van der Waals surface area contributed by atoms with Crippen LogP contribution in [0.2, 0.25) is 0 Å². The van der Waals surface area contributed by atoms with Crippen LogP contribution in [0, 0.1) is 0 Å². The molecule has 1 fully saturated rings. The van der Waals surface area contributed by atoms with Gasteiger partial charge in [-0.1, -0.05) is 0 Å². The number of carboxylic acid groups (broad SMARTS) is 1. The van der Waals surface area contributed by atoms with E-state index in [1.807, 2.05) is 0 Å². The summed E-state index contributed by atoms with van der Waals surface area (Å²) in [7, 11) is 1.69. The monoisotopic (exact) mass is 236 g/mol. The summed E-state index contributed by atoms with van der Waals surface area (Å²) in [5.41, 5.74) is 0. The van der Waals surface area contributed by atoms with Gasteiger partial charge < -0.3 is 14.6 Å². The molecule has 5 heteroatoms. The molecule has 0 heterocycles. The standard InChI is InChI=1S/C10H17ClO4/c1-14-7-3-2-4-8(5-7)15-6-9(11)10(12)13/h7-9H,2-6H2,1H3,(H,12,13). The summed E-state index contributed by atoms with van der Waals surface area (Å²) in [6.45, 7) is 0.0675. The molecule has 0 aromatic heterocycles. The fraction of sp³-hybridized carbons (Fsp3) is 0.900. The van der Waals surface area contributed by atoms with Crippen molar-refractivity contribution in [2.75, 3.05) is 13.7 Å². The summed E-state index contributed by atoms with van der Waals surface area (Å²) in [5, 5.41) is 7.62. The highest BCUT2D eigenvalue weighted by molar-refractivity contribution is 6.29. The van der Waals surface area contributed by atoms with E-state index in [4.69, 9.17) is 26.2 Å². The quantitative estimate of drug-likeness (QED) is 0.738. The molecule has 0 bridgehead atoms. The topological polar surface area (TPSA) is 55.8 Å². The van der Waals surface area contributed by atoms with Crippen LogP contribution in [0.3, 0.4) is 0 Å². The Hall–Kier alpha value is -0.320. The normalized spacial score (nSPS) is 28.7. The zero-order valence-corrected chi connectivity index (χ0v) is 9.57. The van der Waals surface area contributed by atoms with Crippen LogP contribution >= 0.6 is 11.6 Å². The van der Waals surface area contributed by atoms with E-state index in [1.54, 1.807) is 7.11 Å². The minimum absolute atomic E-state index is 0.0675. The van der Waals surface area contributed by atoms with Crippen LogP contribution in [0.5, 0.6) is 0 Å². The molecular formula is C10H17ClO4. The number of methoxy groups -OCH3 is 1. The molecule has 15 heavy (non-hydrogen) atoms. The molecule has 0 aromatic carbocycles. The van der Waals surface area contributed by atoms with Crippen molar-refractivity contribution in [1.29, 1.82) is 0 Å². The molecule has 1 saturated carbocycles. The van der Waals surface area contributed by atoms with Gasteiger partial charge in [0.2, 0.25) is 0 Å². The van der Waals surface area contributed by atoms with Crippen molar-refractivity contribution in [3.05, 3.63) is 0 Å². The van der Waals surface area contributed by atoms with Crippen LogP contribution in [-0.4, -0.2) is 42.4 Å². The molecular weight excluding hydrogens is 220 g/mol. The molecule has 0 amide bonds. The third kappa shape index (κ3) is 4.36. The van der Waals surface area contributed by atoms with Crippen LogP contribution in [-0.2, 0) is 14.3 Å². The Morgan fingerprint density at radius 3 is 2.80 bits per heavy atom. The summed E-state index contributed by atoms with van der Waals surface area (Å²) in [5.74, 6) is -1.03. The highest BCUT2D eigenvalue weighted by Gasteiger charge is 2.24. The second-order valence-corrected chi connectivity index (χ2v) is 4.31. The molecule has 1 aliphatic carbocycles. The molecule has 88 valence electrons. The number of carboxylic acids is 1. The van der Waals surface area contributed by atoms with Crippen LogP contribution in [0.15, 0.2) is 0 Å². The van der Waals surface area contributed by atoms with Crippen molar-refractivity contribution in [3.8, 4) is 0 Å². The van der Waals surface area contributed by atoms with Crippen LogP contribution in [0.1, 0.15) is 25.7 Å². The number of rotatable bonds is 5. The van der Waals surface area contributed by atoms with Gasteiger partial charge in [0.25, 0.3) is 0 Å². The molecule has 0 saturated heterocycles. The molecule has 0 radical (unpaired) electrons. The van der Waals surface area contributed by atoms with E-state index in [0.29, 0.717) is 0 Å². The predicted octanol–water partition coefficient (Wildman–Crippen LogP) is 1.65. The lowest BCUT2D eigenvalue weighted by Gasteiger charge is -2.28. The molecule has 1 rings (SSSR count). The zero-order chi connectivity index (χ0) is 11.3. The van der Waals surface area contributed by atoms with E-state index in [0.717, 1.165) is 25.7 Å². The molecule has 3 unspecified atom stereocenters. The van der Waals surface area contributed by atoms with E-state index in [-0.39, 0.29) is 18.8 Å². The molecule has 0 aliphatic heterocycles. The minimum atomic E-state index is -1.03. The van der Waals surface area contributed by atoms with Crippen LogP contribution in [0.4, 0.5) is 0 Å². The third-order valence-corrected chi connectivity index (χ3v) is 2.97. The zero-order valence-electron chi connectivity index (χ0n) is 8.82. The largest absolute Gasteiger partial charge is 0.480 e. The van der Waals surface area contributed by atoms with Gasteiger partial charge >= 0.3 is 5.97 Å². The fourth-order valence-corrected chi connectivity index (χ4v) is 1.83. The maximum Gasteiger partial charge on any atom is 0.324 e. The SMILES string of the molecule is COC1CCCC(OCC(Cl)C(=O)O)C1. The third-order valence-electron chi connectivity index (χ3n) is 2.66. The van der Waals surface area contributed by atoms with Crippen molar-refractivity contribution in [1.82, 2.24) is 0 Å². The highest BCUT2D eigenvalue weighted by Crippen LogP contribution is 2.23. The second-order valence-electron chi connectivity index (χ2n) is 3.79. The number of alkyl halides is 1. The Morgan fingerprint density at radius 1 is 1.53 bits per heavy atom. The number of aliphatic carboxylic acids is 1. The van der Waals surface area contributed by atoms with Gasteiger partial charge in [-0.15, -0.1) is 11.6 Å². The van der Waals surface area contributed by atoms with Crippen molar-refractivity contribution in [3.63, 3.8) is 0 Å². The summed E-state index contributed by atoms with van der Waals surface area (Å²) in [6.07, 6.45) is 4.23. The molecule has 1 N–H and O–H groups in total. The van der Waals surface area contributed by atoms with Gasteiger partial charge in [-0.3, -0.25) is 4.79 Å². The smallest absolute Gasteiger partial charge is 0.324 e. The Kier molecular flexibility index (Phi) is 5.36. The van der Waals surface area contributed by atoms with Crippen molar-refractivity contribution >= 4 is 17.6 Å². The van der Waals surface area contributed by atoms with E-state index < -0.39 is 11.3 Å². The lowest BCUT2D eigenvalue weighted by molar-refractivity contribution is -0.138. The fourth-order valence-electron chi connectivity index (χ4n) is 1.76. The predicted molar refractivity (Wildman–Crippen MR) is 56.3 cm³/mol. The Bertz CT molecular complexity index is 210. The van der Waals surface area contributed by atoms with Crippen LogP contribution < -0.4 is 0 Å². The van der Waals surface area contributed by atoms with Gasteiger partial charge in [-0.05, 0) is 25.7 Å². The van der Waals surface area contributed by atoms with E-state index >= 15 is 0 Å². The van der Waals surface area contributed by atoms with Gasteiger partial charge in [0.1, 0.15) is 0 Å². The molecule has 3 atom stereocenters. The molecule has 0 spiro atoms. The first-order valence-electron chi connectivity index (χ1n) is 5.14. The maximum atomic E-state index is 10.5. The van der Waals surface area contributed by atoms with Crippen molar-refractivity contribution in [2.45, 2.75) is 43.3 Å². The van der Waals surface area contributed by atoms with Crippen molar-refractivity contribution in [2.24, 2.45) is 0 Å². The summed E-state index contributed by atoms with van der Waals surface area (Å²) < 4.78 is 10.7. The number of hydrogen-bond acceptors (Lipinski definition) is 3. The second kappa shape index (κ2) is 6.30. The lowest BCUT2D eigenvalue weighted by Crippen LogP contribution is -2.30. The molecule has 0 aromatic rings. The first-order chi connectivity index (χ1) is 7.13. The molecule has 1 aliphatic rings. The summed E-state index contributed by atoms with van der Waals surface area (Å²) in [6, 6.07) is 0.